The first-order valence-corrected chi connectivity index (χ1v) is 0.842. The Kier molecular flexibility index (Phi) is 70.3. The van der Waals surface area contributed by atoms with Gasteiger partial charge in [0.1, 0.15) is 0 Å². The zero-order chi connectivity index (χ0) is 2.00. The van der Waals surface area contributed by atoms with E-state index in [1.807, 2.05) is 0 Å². The average Bonchev–Trinajstić information content (AvgIpc) is 1.00. The zero-order valence-electron chi connectivity index (χ0n) is 3.93. The first kappa shape index (κ1) is 16.0. The SMILES string of the molecule is [Ba+2].[H-].[H-].[Ni].[O]=[Ti]. The Balaban J connectivity index is -0.000000000833. The quantitative estimate of drug-likeness (QED) is 0.549. The molecule has 0 aliphatic rings. The molecule has 0 aromatic carbocycles. The molecule has 0 fully saturated rings. The molecule has 0 aliphatic carbocycles. The summed E-state index contributed by atoms with van der Waals surface area (Å²) in [6, 6.07) is 0. The van der Waals surface area contributed by atoms with E-state index in [1.165, 1.54) is 0 Å². The molecule has 0 spiro atoms. The molecule has 0 radical (unpaired) electrons. The van der Waals surface area contributed by atoms with E-state index in [0.717, 1.165) is 20.4 Å². The monoisotopic (exact) mass is 262 g/mol. The Labute approximate surface area is 90.0 Å². The molecule has 0 saturated carbocycles. The molecule has 0 aromatic rings. The second-order valence-electron chi connectivity index (χ2n) is 0. The minimum absolute atomic E-state index is 0. The van der Waals surface area contributed by atoms with Gasteiger partial charge in [0.05, 0.1) is 0 Å². The minimum atomic E-state index is 0. The summed E-state index contributed by atoms with van der Waals surface area (Å²) in [5.74, 6) is 0. The van der Waals surface area contributed by atoms with Gasteiger partial charge in [-0.1, -0.05) is 0 Å². The van der Waals surface area contributed by atoms with Gasteiger partial charge >= 0.3 is 72.6 Å². The van der Waals surface area contributed by atoms with E-state index < -0.39 is 0 Å². The van der Waals surface area contributed by atoms with Crippen LogP contribution in [0.3, 0.4) is 0 Å². The van der Waals surface area contributed by atoms with E-state index in [2.05, 4.69) is 0 Å². The maximum atomic E-state index is 8.25. The van der Waals surface area contributed by atoms with Crippen molar-refractivity contribution in [3.8, 4) is 0 Å². The average molecular weight is 262 g/mol. The molecule has 0 N–H and O–H groups in total. The van der Waals surface area contributed by atoms with Gasteiger partial charge in [-0.2, -0.15) is 0 Å². The molecule has 0 aliphatic heterocycles. The normalized spacial score (nSPS) is 0.750. The van der Waals surface area contributed by atoms with Gasteiger partial charge in [-0.15, -0.1) is 0 Å². The van der Waals surface area contributed by atoms with Crippen LogP contribution in [0, 0.1) is 0 Å². The van der Waals surface area contributed by atoms with Crippen molar-refractivity contribution in [1.82, 2.24) is 0 Å². The molecule has 0 atom stereocenters. The molecule has 0 unspecified atom stereocenters. The van der Waals surface area contributed by atoms with Crippen molar-refractivity contribution < 1.29 is 43.1 Å². The van der Waals surface area contributed by atoms with Crippen LogP contribution in [0.5, 0.6) is 0 Å². The van der Waals surface area contributed by atoms with E-state index >= 15 is 0 Å². The second kappa shape index (κ2) is 17.6. The van der Waals surface area contributed by atoms with Crippen molar-refractivity contribution in [2.45, 2.75) is 0 Å². The fourth-order valence-corrected chi connectivity index (χ4v) is 0. The summed E-state index contributed by atoms with van der Waals surface area (Å²) < 4.78 is 8.25. The summed E-state index contributed by atoms with van der Waals surface area (Å²) in [6.07, 6.45) is 0. The Hall–Kier alpha value is 2.58. The van der Waals surface area contributed by atoms with Crippen molar-refractivity contribution in [3.05, 3.63) is 0 Å². The molecule has 24 valence electrons. The fourth-order valence-electron chi connectivity index (χ4n) is 0. The Morgan fingerprint density at radius 1 is 1.50 bits per heavy atom. The molecule has 0 heterocycles. The van der Waals surface area contributed by atoms with Crippen molar-refractivity contribution in [1.29, 1.82) is 0 Å². The summed E-state index contributed by atoms with van der Waals surface area (Å²) in [4.78, 5) is 0. The van der Waals surface area contributed by atoms with Crippen molar-refractivity contribution in [2.75, 3.05) is 0 Å². The second-order valence-corrected chi connectivity index (χ2v) is 0. The van der Waals surface area contributed by atoms with Crippen LogP contribution >= 0.6 is 0 Å². The Morgan fingerprint density at radius 3 is 1.50 bits per heavy atom. The number of hydrogen-bond donors (Lipinski definition) is 0. The molecule has 0 bridgehead atoms. The predicted octanol–water partition coefficient (Wildman–Crippen LogP) is -0.280. The van der Waals surface area contributed by atoms with E-state index in [0.29, 0.717) is 0 Å². The van der Waals surface area contributed by atoms with Crippen molar-refractivity contribution >= 4 is 48.9 Å². The van der Waals surface area contributed by atoms with Gasteiger partial charge in [-0.25, -0.2) is 0 Å². The first-order chi connectivity index (χ1) is 1.00. The van der Waals surface area contributed by atoms with Gasteiger partial charge in [-0.05, 0) is 0 Å². The summed E-state index contributed by atoms with van der Waals surface area (Å²) in [5.41, 5.74) is 0. The van der Waals surface area contributed by atoms with Gasteiger partial charge in [0.2, 0.25) is 0 Å². The number of rotatable bonds is 0. The molecular formula is H2BaNiOTi. The number of hydrogen-bond acceptors (Lipinski definition) is 1. The standard InChI is InChI=1S/Ba.Ni.O.Ti.2H/q+2;;;;2*-1. The summed E-state index contributed by atoms with van der Waals surface area (Å²) >= 11 is 0.750. The van der Waals surface area contributed by atoms with Gasteiger partial charge in [0.25, 0.3) is 0 Å². The summed E-state index contributed by atoms with van der Waals surface area (Å²) in [6.45, 7) is 0. The van der Waals surface area contributed by atoms with Gasteiger partial charge in [0.15, 0.2) is 0 Å². The van der Waals surface area contributed by atoms with E-state index in [9.17, 15) is 0 Å². The molecule has 4 heavy (non-hydrogen) atoms. The molecule has 0 rings (SSSR count). The maximum absolute atomic E-state index is 8.25. The van der Waals surface area contributed by atoms with E-state index in [-0.39, 0.29) is 68.2 Å². The third-order valence-corrected chi connectivity index (χ3v) is 0. The van der Waals surface area contributed by atoms with Crippen LogP contribution in [0.25, 0.3) is 0 Å². The summed E-state index contributed by atoms with van der Waals surface area (Å²) in [7, 11) is 0. The van der Waals surface area contributed by atoms with Crippen LogP contribution in [0.15, 0.2) is 0 Å². The topological polar surface area (TPSA) is 17.1 Å². The van der Waals surface area contributed by atoms with Gasteiger partial charge < -0.3 is 2.85 Å². The molecule has 0 aromatic heterocycles. The van der Waals surface area contributed by atoms with Crippen molar-refractivity contribution in [3.63, 3.8) is 0 Å². The Bertz CT molecular complexity index is 13.5. The van der Waals surface area contributed by atoms with Gasteiger partial charge in [-0.3, -0.25) is 0 Å². The molecule has 1 nitrogen and oxygen atoms in total. The molecule has 4 heteroatoms. The third kappa shape index (κ3) is 8.82. The predicted molar refractivity (Wildman–Crippen MR) is 8.66 cm³/mol. The molecule has 0 amide bonds. The first-order valence-electron chi connectivity index (χ1n) is 0.204. The van der Waals surface area contributed by atoms with Crippen LogP contribution in [0.4, 0.5) is 0 Å². The zero-order valence-corrected chi connectivity index (χ0v) is 8.92. The third-order valence-electron chi connectivity index (χ3n) is 0. The summed E-state index contributed by atoms with van der Waals surface area (Å²) in [5, 5.41) is 0. The van der Waals surface area contributed by atoms with Crippen LogP contribution in [-0.2, 0) is 40.2 Å². The Morgan fingerprint density at radius 2 is 1.50 bits per heavy atom. The van der Waals surface area contributed by atoms with E-state index in [1.54, 1.807) is 0 Å². The van der Waals surface area contributed by atoms with Gasteiger partial charge in [0, 0.05) is 16.5 Å². The van der Waals surface area contributed by atoms with E-state index in [4.69, 9.17) is 3.32 Å². The van der Waals surface area contributed by atoms with Crippen LogP contribution in [-0.4, -0.2) is 48.9 Å². The molecule has 0 saturated heterocycles. The molecular weight excluding hydrogens is 260 g/mol. The van der Waals surface area contributed by atoms with Crippen LogP contribution in [0.1, 0.15) is 2.85 Å². The van der Waals surface area contributed by atoms with Crippen molar-refractivity contribution in [2.24, 2.45) is 0 Å². The van der Waals surface area contributed by atoms with Crippen LogP contribution < -0.4 is 0 Å². The van der Waals surface area contributed by atoms with Crippen LogP contribution in [0.2, 0.25) is 0 Å². The fraction of sp³-hybridized carbons (Fsp3) is 0.